The summed E-state index contributed by atoms with van der Waals surface area (Å²) in [5, 5.41) is 17.1. The number of aromatic nitrogens is 1. The van der Waals surface area contributed by atoms with Gasteiger partial charge in [0.15, 0.2) is 10.7 Å². The number of benzene rings is 3. The van der Waals surface area contributed by atoms with Crippen LogP contribution in [0.1, 0.15) is 23.8 Å². The first-order chi connectivity index (χ1) is 19.2. The van der Waals surface area contributed by atoms with E-state index in [0.717, 1.165) is 12.0 Å². The molecule has 0 aliphatic heterocycles. The molecular formula is C30H23Cl2N3O4S. The van der Waals surface area contributed by atoms with Gasteiger partial charge in [-0.15, -0.1) is 0 Å². The molecule has 3 N–H and O–H groups in total. The standard InChI is InChI=1S/C30H23Cl2N3O4S/c1-3-17-7-10-25-23(14-17)34-29(39-25)21-15-18(13-16(2)28(21)37)33-30(40)35-26(36)12-9-19-8-11-24(38-19)20-5-4-6-22(31)27(20)32/h4-15,37H,3H2,1-2H3,(H2,33,35,36,40). The first-order valence-corrected chi connectivity index (χ1v) is 13.5. The zero-order chi connectivity index (χ0) is 28.4. The monoisotopic (exact) mass is 591 g/mol. The van der Waals surface area contributed by atoms with Gasteiger partial charge in [-0.05, 0) is 91.3 Å². The quantitative estimate of drug-likeness (QED) is 0.104. The lowest BCUT2D eigenvalue weighted by Crippen LogP contribution is -2.32. The molecule has 5 aromatic rings. The maximum absolute atomic E-state index is 12.5. The summed E-state index contributed by atoms with van der Waals surface area (Å²) in [6.07, 6.45) is 3.69. The average Bonchev–Trinajstić information content (AvgIpc) is 3.57. The molecule has 2 aromatic heterocycles. The Balaban J connectivity index is 1.27. The summed E-state index contributed by atoms with van der Waals surface area (Å²) in [5.74, 6) is 0.832. The summed E-state index contributed by atoms with van der Waals surface area (Å²) in [4.78, 5) is 17.0. The molecule has 7 nitrogen and oxygen atoms in total. The maximum atomic E-state index is 12.5. The third-order valence-corrected chi connectivity index (χ3v) is 7.15. The van der Waals surface area contributed by atoms with Crippen LogP contribution in [0.4, 0.5) is 5.69 Å². The summed E-state index contributed by atoms with van der Waals surface area (Å²) in [7, 11) is 0. The Bertz CT molecular complexity index is 1790. The van der Waals surface area contributed by atoms with Gasteiger partial charge in [-0.2, -0.15) is 0 Å². The number of oxazole rings is 1. The van der Waals surface area contributed by atoms with E-state index in [-0.39, 0.29) is 16.8 Å². The van der Waals surface area contributed by atoms with Gasteiger partial charge in [0.05, 0.1) is 15.6 Å². The van der Waals surface area contributed by atoms with Crippen LogP contribution in [0.15, 0.2) is 75.6 Å². The van der Waals surface area contributed by atoms with Crippen LogP contribution in [0.5, 0.6) is 5.75 Å². The number of thiocarbonyl (C=S) groups is 1. The lowest BCUT2D eigenvalue weighted by atomic mass is 10.1. The number of fused-ring (bicyclic) bond motifs is 1. The third kappa shape index (κ3) is 5.89. The third-order valence-electron chi connectivity index (χ3n) is 6.13. The zero-order valence-corrected chi connectivity index (χ0v) is 23.7. The van der Waals surface area contributed by atoms with Gasteiger partial charge in [0.1, 0.15) is 22.8 Å². The Hall–Kier alpha value is -4.11. The number of carbonyl (C=O) groups is 1. The second kappa shape index (κ2) is 11.6. The number of phenolic OH excluding ortho intramolecular Hbond substituents is 1. The van der Waals surface area contributed by atoms with Gasteiger partial charge in [-0.25, -0.2) is 4.98 Å². The van der Waals surface area contributed by atoms with E-state index >= 15 is 0 Å². The van der Waals surface area contributed by atoms with Crippen molar-refractivity contribution in [3.8, 4) is 28.5 Å². The van der Waals surface area contributed by atoms with Gasteiger partial charge in [0.25, 0.3) is 0 Å². The van der Waals surface area contributed by atoms with E-state index in [1.165, 1.54) is 12.2 Å². The van der Waals surface area contributed by atoms with Crippen molar-refractivity contribution < 1.29 is 18.7 Å². The fourth-order valence-electron chi connectivity index (χ4n) is 4.08. The van der Waals surface area contributed by atoms with Gasteiger partial charge in [0.2, 0.25) is 11.8 Å². The molecule has 5 rings (SSSR count). The van der Waals surface area contributed by atoms with E-state index in [0.29, 0.717) is 55.0 Å². The number of phenols is 1. The molecule has 2 heterocycles. The Labute approximate surface area is 245 Å². The minimum Gasteiger partial charge on any atom is -0.507 e. The van der Waals surface area contributed by atoms with Crippen LogP contribution in [0.25, 0.3) is 40.0 Å². The normalized spacial score (nSPS) is 11.3. The molecule has 0 saturated heterocycles. The van der Waals surface area contributed by atoms with Crippen LogP contribution < -0.4 is 10.6 Å². The number of halogens is 2. The van der Waals surface area contributed by atoms with Crippen molar-refractivity contribution in [2.24, 2.45) is 0 Å². The molecule has 202 valence electrons. The number of hydrogen-bond donors (Lipinski definition) is 3. The lowest BCUT2D eigenvalue weighted by molar-refractivity contribution is -0.115. The van der Waals surface area contributed by atoms with Crippen molar-refractivity contribution >= 4 is 69.3 Å². The van der Waals surface area contributed by atoms with E-state index in [9.17, 15) is 9.90 Å². The van der Waals surface area contributed by atoms with Crippen LogP contribution in [0, 0.1) is 6.92 Å². The van der Waals surface area contributed by atoms with Gasteiger partial charge in [-0.3, -0.25) is 10.1 Å². The zero-order valence-electron chi connectivity index (χ0n) is 21.4. The summed E-state index contributed by atoms with van der Waals surface area (Å²) in [6, 6.07) is 17.9. The number of carbonyl (C=O) groups excluding carboxylic acids is 1. The van der Waals surface area contributed by atoms with Gasteiger partial charge in [0, 0.05) is 17.3 Å². The van der Waals surface area contributed by atoms with E-state index < -0.39 is 5.91 Å². The van der Waals surface area contributed by atoms with E-state index in [1.807, 2.05) is 18.2 Å². The van der Waals surface area contributed by atoms with Crippen molar-refractivity contribution in [1.82, 2.24) is 10.3 Å². The number of aromatic hydroxyl groups is 1. The molecule has 0 bridgehead atoms. The molecule has 0 radical (unpaired) electrons. The lowest BCUT2D eigenvalue weighted by Gasteiger charge is -2.12. The minimum absolute atomic E-state index is 0.0441. The molecule has 0 aliphatic rings. The Kier molecular flexibility index (Phi) is 7.93. The topological polar surface area (TPSA) is 101 Å². The molecule has 3 aromatic carbocycles. The summed E-state index contributed by atoms with van der Waals surface area (Å²) >= 11 is 17.7. The summed E-state index contributed by atoms with van der Waals surface area (Å²) < 4.78 is 11.7. The van der Waals surface area contributed by atoms with Crippen LogP contribution in [-0.4, -0.2) is 21.1 Å². The van der Waals surface area contributed by atoms with Crippen LogP contribution in [0.3, 0.4) is 0 Å². The second-order valence-electron chi connectivity index (χ2n) is 8.94. The minimum atomic E-state index is -0.461. The Morgan fingerprint density at radius 1 is 1.07 bits per heavy atom. The molecule has 0 spiro atoms. The van der Waals surface area contributed by atoms with Crippen molar-refractivity contribution in [1.29, 1.82) is 0 Å². The second-order valence-corrected chi connectivity index (χ2v) is 10.1. The highest BCUT2D eigenvalue weighted by atomic mass is 35.5. The summed E-state index contributed by atoms with van der Waals surface area (Å²) in [6.45, 7) is 3.82. The molecular weight excluding hydrogens is 569 g/mol. The van der Waals surface area contributed by atoms with Gasteiger partial charge in [-0.1, -0.05) is 42.3 Å². The largest absolute Gasteiger partial charge is 0.507 e. The number of aryl methyl sites for hydroxylation is 2. The Morgan fingerprint density at radius 3 is 2.70 bits per heavy atom. The van der Waals surface area contributed by atoms with Crippen LogP contribution in [0.2, 0.25) is 10.0 Å². The maximum Gasteiger partial charge on any atom is 0.250 e. The number of nitrogens with one attached hydrogen (secondary N) is 2. The first kappa shape index (κ1) is 27.5. The van der Waals surface area contributed by atoms with Crippen molar-refractivity contribution in [2.45, 2.75) is 20.3 Å². The highest BCUT2D eigenvalue weighted by Gasteiger charge is 2.17. The van der Waals surface area contributed by atoms with Crippen LogP contribution in [-0.2, 0) is 11.2 Å². The number of furan rings is 1. The number of amides is 1. The van der Waals surface area contributed by atoms with E-state index in [1.54, 1.807) is 49.4 Å². The smallest absolute Gasteiger partial charge is 0.250 e. The molecule has 0 saturated carbocycles. The number of hydrogen-bond acceptors (Lipinski definition) is 6. The SMILES string of the molecule is CCc1ccc2oc(-c3cc(NC(=S)NC(=O)C=Cc4ccc(-c5cccc(Cl)c5Cl)o4)cc(C)c3O)nc2c1. The van der Waals surface area contributed by atoms with Crippen molar-refractivity contribution in [2.75, 3.05) is 5.32 Å². The molecule has 0 fully saturated rings. The highest BCUT2D eigenvalue weighted by Crippen LogP contribution is 2.37. The number of rotatable bonds is 6. The molecule has 0 unspecified atom stereocenters. The van der Waals surface area contributed by atoms with Crippen molar-refractivity contribution in [3.63, 3.8) is 0 Å². The highest BCUT2D eigenvalue weighted by molar-refractivity contribution is 7.80. The predicted octanol–water partition coefficient (Wildman–Crippen LogP) is 8.16. The molecule has 40 heavy (non-hydrogen) atoms. The van der Waals surface area contributed by atoms with Crippen molar-refractivity contribution in [3.05, 3.63) is 93.7 Å². The molecule has 0 atom stereocenters. The fourth-order valence-corrected chi connectivity index (χ4v) is 4.69. The molecule has 0 aliphatic carbocycles. The van der Waals surface area contributed by atoms with Gasteiger partial charge < -0.3 is 19.3 Å². The predicted molar refractivity (Wildman–Crippen MR) is 163 cm³/mol. The number of anilines is 1. The fraction of sp³-hybridized carbons (Fsp3) is 0.100. The number of nitrogens with zero attached hydrogens (tertiary/aromatic N) is 1. The van der Waals surface area contributed by atoms with Crippen LogP contribution >= 0.6 is 35.4 Å². The average molecular weight is 593 g/mol. The van der Waals surface area contributed by atoms with Gasteiger partial charge >= 0.3 is 0 Å². The Morgan fingerprint density at radius 2 is 1.90 bits per heavy atom. The van der Waals surface area contributed by atoms with E-state index in [2.05, 4.69) is 22.5 Å². The summed E-state index contributed by atoms with van der Waals surface area (Å²) in [5.41, 5.74) is 4.64. The van der Waals surface area contributed by atoms with E-state index in [4.69, 9.17) is 44.3 Å². The molecule has 10 heteroatoms. The first-order valence-electron chi connectivity index (χ1n) is 12.3. The molecule has 1 amide bonds.